The van der Waals surface area contributed by atoms with E-state index in [1.807, 2.05) is 42.5 Å². The Morgan fingerprint density at radius 2 is 1.69 bits per heavy atom. The first-order chi connectivity index (χ1) is 16.9. The molecule has 0 unspecified atom stereocenters. The standard InChI is InChI=1S/C26H25Cl2N3O4/c27-20-4-3-5-21(28)24(20)25(32)31-22(26(33)34)12-16-7-9-17(10-8-16)15-35-19-13-18(14-19)30-23-6-1-2-11-29-23/h1-11,18-19,22H,12-15H2,(H,29,30)(H,31,32)(H,33,34)/t18-,19+,22-/m0/s1. The van der Waals surface area contributed by atoms with Crippen LogP contribution in [0.2, 0.25) is 10.0 Å². The van der Waals surface area contributed by atoms with Gasteiger partial charge in [0.2, 0.25) is 0 Å². The molecule has 1 atom stereocenters. The first kappa shape index (κ1) is 25.0. The van der Waals surface area contributed by atoms with Crippen LogP contribution in [0.3, 0.4) is 0 Å². The van der Waals surface area contributed by atoms with E-state index < -0.39 is 17.9 Å². The lowest BCUT2D eigenvalue weighted by atomic mass is 9.89. The second-order valence-corrected chi connectivity index (χ2v) is 9.26. The number of amides is 1. The zero-order valence-electron chi connectivity index (χ0n) is 18.8. The fourth-order valence-electron chi connectivity index (χ4n) is 3.84. The molecule has 3 N–H and O–H groups in total. The van der Waals surface area contributed by atoms with Crippen LogP contribution in [0.4, 0.5) is 5.82 Å². The molecule has 7 nitrogen and oxygen atoms in total. The molecule has 0 aliphatic heterocycles. The molecule has 0 bridgehead atoms. The van der Waals surface area contributed by atoms with Crippen molar-refractivity contribution in [1.82, 2.24) is 10.3 Å². The number of benzene rings is 2. The quantitative estimate of drug-likeness (QED) is 0.353. The second-order valence-electron chi connectivity index (χ2n) is 8.44. The second kappa shape index (κ2) is 11.5. The molecular formula is C26H25Cl2N3O4. The van der Waals surface area contributed by atoms with Gasteiger partial charge >= 0.3 is 5.97 Å². The van der Waals surface area contributed by atoms with Gasteiger partial charge in [-0.1, -0.05) is 59.6 Å². The number of anilines is 1. The molecular weight excluding hydrogens is 489 g/mol. The normalized spacial score (nSPS) is 17.8. The summed E-state index contributed by atoms with van der Waals surface area (Å²) < 4.78 is 5.98. The molecule has 35 heavy (non-hydrogen) atoms. The lowest BCUT2D eigenvalue weighted by Crippen LogP contribution is -2.42. The van der Waals surface area contributed by atoms with Crippen molar-refractivity contribution in [3.63, 3.8) is 0 Å². The summed E-state index contributed by atoms with van der Waals surface area (Å²) in [6, 6.07) is 17.2. The number of halogens is 2. The van der Waals surface area contributed by atoms with Crippen LogP contribution in [0, 0.1) is 0 Å². The Morgan fingerprint density at radius 1 is 1.00 bits per heavy atom. The van der Waals surface area contributed by atoms with Crippen molar-refractivity contribution in [2.45, 2.75) is 44.1 Å². The molecule has 0 radical (unpaired) electrons. The van der Waals surface area contributed by atoms with Gasteiger partial charge < -0.3 is 20.5 Å². The van der Waals surface area contributed by atoms with Crippen LogP contribution in [0.1, 0.15) is 34.3 Å². The summed E-state index contributed by atoms with van der Waals surface area (Å²) in [5.41, 5.74) is 1.83. The number of carbonyl (C=O) groups excluding carboxylic acids is 1. The molecule has 0 spiro atoms. The van der Waals surface area contributed by atoms with Crippen molar-refractivity contribution in [2.75, 3.05) is 5.32 Å². The molecule has 1 aliphatic rings. The van der Waals surface area contributed by atoms with Crippen LogP contribution in [0.25, 0.3) is 0 Å². The number of aliphatic carboxylic acids is 1. The van der Waals surface area contributed by atoms with Crippen LogP contribution in [0.5, 0.6) is 0 Å². The van der Waals surface area contributed by atoms with Gasteiger partial charge in [0.15, 0.2) is 0 Å². The summed E-state index contributed by atoms with van der Waals surface area (Å²) in [6.07, 6.45) is 3.92. The lowest BCUT2D eigenvalue weighted by Gasteiger charge is -2.36. The van der Waals surface area contributed by atoms with Crippen molar-refractivity contribution >= 4 is 40.9 Å². The summed E-state index contributed by atoms with van der Waals surface area (Å²) in [5.74, 6) is -0.903. The Labute approximate surface area is 213 Å². The van der Waals surface area contributed by atoms with Crippen LogP contribution < -0.4 is 10.6 Å². The third-order valence-corrected chi connectivity index (χ3v) is 6.48. The van der Waals surface area contributed by atoms with Gasteiger partial charge in [0.25, 0.3) is 5.91 Å². The van der Waals surface area contributed by atoms with Crippen LogP contribution in [0.15, 0.2) is 66.9 Å². The predicted octanol–water partition coefficient (Wildman–Crippen LogP) is 4.97. The monoisotopic (exact) mass is 513 g/mol. The van der Waals surface area contributed by atoms with Crippen LogP contribution >= 0.6 is 23.2 Å². The molecule has 0 saturated heterocycles. The Kier molecular flexibility index (Phi) is 8.23. The number of aromatic nitrogens is 1. The highest BCUT2D eigenvalue weighted by molar-refractivity contribution is 6.39. The van der Waals surface area contributed by atoms with Gasteiger partial charge in [-0.25, -0.2) is 9.78 Å². The van der Waals surface area contributed by atoms with Crippen molar-refractivity contribution in [3.8, 4) is 0 Å². The number of nitrogens with one attached hydrogen (secondary N) is 2. The predicted molar refractivity (Wildman–Crippen MR) is 135 cm³/mol. The van der Waals surface area contributed by atoms with Gasteiger partial charge in [-0.2, -0.15) is 0 Å². The largest absolute Gasteiger partial charge is 0.480 e. The minimum Gasteiger partial charge on any atom is -0.480 e. The first-order valence-electron chi connectivity index (χ1n) is 11.2. The van der Waals surface area contributed by atoms with Gasteiger partial charge in [0.1, 0.15) is 11.9 Å². The van der Waals surface area contributed by atoms with Crippen molar-refractivity contribution in [2.24, 2.45) is 0 Å². The van der Waals surface area contributed by atoms with Crippen molar-refractivity contribution < 1.29 is 19.4 Å². The minimum absolute atomic E-state index is 0.0584. The topological polar surface area (TPSA) is 101 Å². The summed E-state index contributed by atoms with van der Waals surface area (Å²) in [7, 11) is 0. The van der Waals surface area contributed by atoms with E-state index >= 15 is 0 Å². The molecule has 182 valence electrons. The number of ether oxygens (including phenoxy) is 1. The molecule has 1 heterocycles. The minimum atomic E-state index is -1.15. The number of carboxylic acids is 1. The van der Waals surface area contributed by atoms with Crippen molar-refractivity contribution in [1.29, 1.82) is 0 Å². The molecule has 1 aromatic heterocycles. The summed E-state index contributed by atoms with van der Waals surface area (Å²) in [5, 5.41) is 15.8. The molecule has 4 rings (SSSR count). The Hall–Kier alpha value is -3.13. The number of carboxylic acid groups (broad SMARTS) is 1. The first-order valence-corrected chi connectivity index (χ1v) is 12.0. The third kappa shape index (κ3) is 6.72. The number of rotatable bonds is 10. The Morgan fingerprint density at radius 3 is 2.31 bits per heavy atom. The Balaban J connectivity index is 1.25. The van der Waals surface area contributed by atoms with E-state index in [1.165, 1.54) is 12.1 Å². The molecule has 1 aliphatic carbocycles. The molecule has 3 aromatic rings. The van der Waals surface area contributed by atoms with Crippen LogP contribution in [-0.2, 0) is 22.6 Å². The van der Waals surface area contributed by atoms with Gasteiger partial charge in [0, 0.05) is 18.7 Å². The highest BCUT2D eigenvalue weighted by atomic mass is 35.5. The maximum atomic E-state index is 12.6. The summed E-state index contributed by atoms with van der Waals surface area (Å²) in [6.45, 7) is 0.478. The maximum Gasteiger partial charge on any atom is 0.326 e. The van der Waals surface area contributed by atoms with Gasteiger partial charge in [-0.05, 0) is 48.2 Å². The fourth-order valence-corrected chi connectivity index (χ4v) is 4.41. The lowest BCUT2D eigenvalue weighted by molar-refractivity contribution is -0.139. The molecule has 1 fully saturated rings. The van der Waals surface area contributed by atoms with E-state index in [9.17, 15) is 14.7 Å². The number of nitrogens with zero attached hydrogens (tertiary/aromatic N) is 1. The highest BCUT2D eigenvalue weighted by Crippen LogP contribution is 2.27. The maximum absolute atomic E-state index is 12.6. The summed E-state index contributed by atoms with van der Waals surface area (Å²) in [4.78, 5) is 28.6. The summed E-state index contributed by atoms with van der Waals surface area (Å²) >= 11 is 12.1. The number of carbonyl (C=O) groups is 2. The number of hydrogen-bond acceptors (Lipinski definition) is 5. The molecule has 2 aromatic carbocycles. The smallest absolute Gasteiger partial charge is 0.326 e. The average molecular weight is 514 g/mol. The van der Waals surface area contributed by atoms with E-state index in [0.29, 0.717) is 12.6 Å². The zero-order valence-corrected chi connectivity index (χ0v) is 20.3. The van der Waals surface area contributed by atoms with Gasteiger partial charge in [-0.3, -0.25) is 4.79 Å². The highest BCUT2D eigenvalue weighted by Gasteiger charge is 2.30. The van der Waals surface area contributed by atoms with Gasteiger partial charge in [0.05, 0.1) is 28.3 Å². The van der Waals surface area contributed by atoms with E-state index in [0.717, 1.165) is 29.8 Å². The number of hydrogen-bond donors (Lipinski definition) is 3. The molecule has 9 heteroatoms. The van der Waals surface area contributed by atoms with E-state index in [1.54, 1.807) is 12.3 Å². The van der Waals surface area contributed by atoms with Crippen LogP contribution in [-0.4, -0.2) is 40.2 Å². The number of pyridine rings is 1. The van der Waals surface area contributed by atoms with Crippen molar-refractivity contribution in [3.05, 3.63) is 93.6 Å². The van der Waals surface area contributed by atoms with E-state index in [2.05, 4.69) is 15.6 Å². The third-order valence-electron chi connectivity index (χ3n) is 5.85. The molecule has 1 amide bonds. The average Bonchev–Trinajstić information content (AvgIpc) is 2.81. The fraction of sp³-hybridized carbons (Fsp3) is 0.269. The van der Waals surface area contributed by atoms with Gasteiger partial charge in [-0.15, -0.1) is 0 Å². The SMILES string of the molecule is O=C(N[C@@H](Cc1ccc(CO[C@H]2C[C@@H](Nc3ccccn3)C2)cc1)C(=O)O)c1c(Cl)cccc1Cl. The Bertz CT molecular complexity index is 1150. The van der Waals surface area contributed by atoms with E-state index in [-0.39, 0.29) is 28.1 Å². The van der Waals surface area contributed by atoms with E-state index in [4.69, 9.17) is 27.9 Å². The molecule has 1 saturated carbocycles. The zero-order chi connectivity index (χ0) is 24.8.